The molecule has 0 bridgehead atoms. The van der Waals surface area contributed by atoms with Crippen LogP contribution in [-0.2, 0) is 16.1 Å². The number of nitrogens with zero attached hydrogens (tertiary/aromatic N) is 1. The molecule has 0 spiro atoms. The van der Waals surface area contributed by atoms with Gasteiger partial charge in [-0.05, 0) is 42.0 Å². The highest BCUT2D eigenvalue weighted by atomic mass is 19.2. The van der Waals surface area contributed by atoms with Crippen LogP contribution in [0.25, 0.3) is 0 Å². The van der Waals surface area contributed by atoms with E-state index in [9.17, 15) is 13.6 Å². The molecule has 7 nitrogen and oxygen atoms in total. The van der Waals surface area contributed by atoms with Gasteiger partial charge in [-0.3, -0.25) is 10.2 Å². The molecule has 0 saturated heterocycles. The van der Waals surface area contributed by atoms with E-state index in [4.69, 9.17) is 14.6 Å². The molecule has 1 amide bonds. The molecule has 170 valence electrons. The minimum Gasteiger partial charge on any atom is -0.494 e. The van der Waals surface area contributed by atoms with Gasteiger partial charge in [0.15, 0.2) is 17.2 Å². The van der Waals surface area contributed by atoms with Crippen molar-refractivity contribution in [2.24, 2.45) is 4.99 Å². The number of aliphatic imine (C=N–C) groups is 1. The summed E-state index contributed by atoms with van der Waals surface area (Å²) in [5.74, 6) is -1.35. The van der Waals surface area contributed by atoms with E-state index in [1.54, 1.807) is 30.3 Å². The van der Waals surface area contributed by atoms with Crippen molar-refractivity contribution in [3.05, 3.63) is 77.9 Å². The van der Waals surface area contributed by atoms with Gasteiger partial charge in [0.25, 0.3) is 5.91 Å². The van der Waals surface area contributed by atoms with Gasteiger partial charge in [-0.1, -0.05) is 12.1 Å². The van der Waals surface area contributed by atoms with Gasteiger partial charge in [0.2, 0.25) is 5.90 Å². The summed E-state index contributed by atoms with van der Waals surface area (Å²) < 4.78 is 37.6. The topological polar surface area (TPSA) is 92.2 Å². The first-order valence-corrected chi connectivity index (χ1v) is 10.1. The average molecular weight is 445 g/mol. The number of aliphatic hydroxyl groups excluding tert-OH is 1. The Bertz CT molecular complexity index is 982. The summed E-state index contributed by atoms with van der Waals surface area (Å²) in [6, 6.07) is 10.6. The molecular formula is C23H25F2N3O4. The summed E-state index contributed by atoms with van der Waals surface area (Å²) in [7, 11) is 0. The largest absolute Gasteiger partial charge is 0.494 e. The number of ether oxygens (including phenoxy) is 2. The predicted octanol–water partition coefficient (Wildman–Crippen LogP) is 2.64. The van der Waals surface area contributed by atoms with Gasteiger partial charge in [0, 0.05) is 31.6 Å². The van der Waals surface area contributed by atoms with Crippen LogP contribution in [-0.4, -0.2) is 42.3 Å². The molecule has 3 rings (SSSR count). The lowest BCUT2D eigenvalue weighted by atomic mass is 9.97. The molecule has 2 aromatic rings. The van der Waals surface area contributed by atoms with Gasteiger partial charge >= 0.3 is 0 Å². The Morgan fingerprint density at radius 1 is 1.25 bits per heavy atom. The first-order chi connectivity index (χ1) is 15.5. The minimum atomic E-state index is -1.20. The molecule has 3 N–H and O–H groups in total. The number of benzene rings is 2. The van der Waals surface area contributed by atoms with E-state index in [2.05, 4.69) is 22.4 Å². The number of hydrogen-bond donors (Lipinski definition) is 3. The van der Waals surface area contributed by atoms with Crippen LogP contribution < -0.4 is 15.6 Å². The highest BCUT2D eigenvalue weighted by Gasteiger charge is 2.43. The standard InChI is InChI=1S/C23H25F2N3O4/c1-2-10-23(22(30)28-26-14-16-4-9-19(24)20(25)13-16)15-32-21(27-23)17-5-7-18(8-6-17)31-12-3-11-29/h2,4-9,13,26,29H,1,3,10-12,14-15H2,(H,28,30)/t23-/m0/s1. The zero-order valence-electron chi connectivity index (χ0n) is 17.4. The summed E-state index contributed by atoms with van der Waals surface area (Å²) >= 11 is 0. The van der Waals surface area contributed by atoms with Crippen molar-refractivity contribution in [3.63, 3.8) is 0 Å². The molecule has 1 aliphatic heterocycles. The minimum absolute atomic E-state index is 0.0296. The molecule has 0 fully saturated rings. The summed E-state index contributed by atoms with van der Waals surface area (Å²) in [4.78, 5) is 17.4. The van der Waals surface area contributed by atoms with Crippen molar-refractivity contribution >= 4 is 11.8 Å². The lowest BCUT2D eigenvalue weighted by Crippen LogP contribution is -2.51. The van der Waals surface area contributed by atoms with E-state index < -0.39 is 23.1 Å². The molecule has 0 unspecified atom stereocenters. The van der Waals surface area contributed by atoms with E-state index >= 15 is 0 Å². The molecule has 0 saturated carbocycles. The van der Waals surface area contributed by atoms with Crippen LogP contribution in [0.4, 0.5) is 8.78 Å². The fourth-order valence-electron chi connectivity index (χ4n) is 3.09. The zero-order chi connectivity index (χ0) is 23.0. The van der Waals surface area contributed by atoms with Crippen molar-refractivity contribution in [1.82, 2.24) is 10.9 Å². The molecule has 32 heavy (non-hydrogen) atoms. The maximum atomic E-state index is 13.3. The molecule has 9 heteroatoms. The van der Waals surface area contributed by atoms with E-state index in [1.165, 1.54) is 6.07 Å². The van der Waals surface area contributed by atoms with Gasteiger partial charge < -0.3 is 14.6 Å². The zero-order valence-corrected chi connectivity index (χ0v) is 17.4. The molecule has 0 aromatic heterocycles. The summed E-state index contributed by atoms with van der Waals surface area (Å²) in [5.41, 5.74) is 5.23. The number of hydrazine groups is 1. The van der Waals surface area contributed by atoms with Crippen LogP contribution in [0.2, 0.25) is 0 Å². The molecule has 1 heterocycles. The first-order valence-electron chi connectivity index (χ1n) is 10.1. The van der Waals surface area contributed by atoms with Crippen molar-refractivity contribution in [2.75, 3.05) is 19.8 Å². The summed E-state index contributed by atoms with van der Waals surface area (Å²) in [6.07, 6.45) is 2.38. The summed E-state index contributed by atoms with van der Waals surface area (Å²) in [6.45, 7) is 4.31. The third kappa shape index (κ3) is 5.68. The van der Waals surface area contributed by atoms with Crippen LogP contribution >= 0.6 is 0 Å². The van der Waals surface area contributed by atoms with E-state index in [0.29, 0.717) is 35.8 Å². The molecule has 1 aliphatic rings. The molecular weight excluding hydrogens is 420 g/mol. The number of aliphatic hydroxyl groups is 1. The van der Waals surface area contributed by atoms with Crippen molar-refractivity contribution < 1.29 is 28.2 Å². The number of amides is 1. The first kappa shape index (κ1) is 23.4. The maximum absolute atomic E-state index is 13.3. The second kappa shape index (κ2) is 10.8. The Morgan fingerprint density at radius 2 is 2.03 bits per heavy atom. The fraction of sp³-hybridized carbons (Fsp3) is 0.304. The Kier molecular flexibility index (Phi) is 7.91. The van der Waals surface area contributed by atoms with Crippen LogP contribution in [0.5, 0.6) is 5.75 Å². The lowest BCUT2D eigenvalue weighted by Gasteiger charge is -2.21. The van der Waals surface area contributed by atoms with Crippen molar-refractivity contribution in [1.29, 1.82) is 0 Å². The van der Waals surface area contributed by atoms with Gasteiger partial charge in [-0.15, -0.1) is 6.58 Å². The molecule has 0 radical (unpaired) electrons. The average Bonchev–Trinajstić information content (AvgIpc) is 3.22. The Balaban J connectivity index is 1.64. The number of carbonyl (C=O) groups is 1. The van der Waals surface area contributed by atoms with Gasteiger partial charge in [-0.25, -0.2) is 19.2 Å². The predicted molar refractivity (Wildman–Crippen MR) is 115 cm³/mol. The molecule has 2 aromatic carbocycles. The highest BCUT2D eigenvalue weighted by Crippen LogP contribution is 2.27. The lowest BCUT2D eigenvalue weighted by molar-refractivity contribution is -0.127. The van der Waals surface area contributed by atoms with E-state index in [0.717, 1.165) is 12.1 Å². The summed E-state index contributed by atoms with van der Waals surface area (Å²) in [5, 5.41) is 8.82. The van der Waals surface area contributed by atoms with Crippen LogP contribution in [0.3, 0.4) is 0 Å². The molecule has 0 aliphatic carbocycles. The van der Waals surface area contributed by atoms with Gasteiger partial charge in [0.1, 0.15) is 12.4 Å². The fourth-order valence-corrected chi connectivity index (χ4v) is 3.09. The Labute approximate surface area is 184 Å². The number of halogens is 2. The third-order valence-electron chi connectivity index (χ3n) is 4.82. The maximum Gasteiger partial charge on any atom is 0.266 e. The van der Waals surface area contributed by atoms with E-state index in [1.807, 2.05) is 0 Å². The highest BCUT2D eigenvalue weighted by molar-refractivity contribution is 6.00. The number of nitrogens with one attached hydrogen (secondary N) is 2. The van der Waals surface area contributed by atoms with Crippen molar-refractivity contribution in [2.45, 2.75) is 24.9 Å². The van der Waals surface area contributed by atoms with Crippen LogP contribution in [0.15, 0.2) is 60.1 Å². The van der Waals surface area contributed by atoms with Gasteiger partial charge in [0.05, 0.1) is 6.61 Å². The third-order valence-corrected chi connectivity index (χ3v) is 4.82. The number of rotatable bonds is 11. The van der Waals surface area contributed by atoms with Crippen molar-refractivity contribution in [3.8, 4) is 5.75 Å². The molecule has 1 atom stereocenters. The Morgan fingerprint density at radius 3 is 2.72 bits per heavy atom. The van der Waals surface area contributed by atoms with Crippen LogP contribution in [0.1, 0.15) is 24.0 Å². The second-order valence-corrected chi connectivity index (χ2v) is 7.24. The monoisotopic (exact) mass is 445 g/mol. The number of hydrogen-bond acceptors (Lipinski definition) is 6. The second-order valence-electron chi connectivity index (χ2n) is 7.24. The smallest absolute Gasteiger partial charge is 0.266 e. The SMILES string of the molecule is C=CC[C@@]1(C(=O)NNCc2ccc(F)c(F)c2)COC(c2ccc(OCCCO)cc2)=N1. The van der Waals surface area contributed by atoms with E-state index in [-0.39, 0.29) is 26.2 Å². The van der Waals surface area contributed by atoms with Gasteiger partial charge in [-0.2, -0.15) is 0 Å². The quantitative estimate of drug-likeness (QED) is 0.281. The Hall–Kier alpha value is -3.30. The number of carbonyl (C=O) groups excluding carboxylic acids is 1. The normalized spacial score (nSPS) is 17.4. The van der Waals surface area contributed by atoms with Crippen LogP contribution in [0, 0.1) is 11.6 Å².